The third-order valence-corrected chi connectivity index (χ3v) is 7.97. The summed E-state index contributed by atoms with van der Waals surface area (Å²) >= 11 is 1.47. The molecule has 0 saturated carbocycles. The number of halogens is 2. The Morgan fingerprint density at radius 2 is 1.66 bits per heavy atom. The Balaban J connectivity index is 0.000000323. The summed E-state index contributed by atoms with van der Waals surface area (Å²) in [4.78, 5) is 41.1. The molecule has 0 aliphatic heterocycles. The lowest BCUT2D eigenvalue weighted by Crippen LogP contribution is -2.17. The number of anilines is 2. The second kappa shape index (κ2) is 16.1. The number of ether oxygens (including phenoxy) is 1. The molecule has 3 aromatic carbocycles. The van der Waals surface area contributed by atoms with Gasteiger partial charge in [0.2, 0.25) is 6.41 Å². The Bertz CT molecular complexity index is 1940. The third-order valence-electron chi connectivity index (χ3n) is 6.78. The average Bonchev–Trinajstić information content (AvgIpc) is 3.54. The number of aromatic nitrogens is 1. The molecule has 0 atom stereocenters. The SMILES string of the molecule is C/C=C(\C)C(=O)Nc1ccc(Oc2ccnc3cc(-c4ccc(C(=O)NC)cc4)sc23)c(F)c1.C/C=C\N(C=O)c1ccc(F)cc1. The number of carbonyl (C=O) groups is 3. The molecular weight excluding hydrogens is 622 g/mol. The number of fused-ring (bicyclic) bond motifs is 1. The third kappa shape index (κ3) is 8.74. The van der Waals surface area contributed by atoms with Gasteiger partial charge in [-0.3, -0.25) is 24.3 Å². The summed E-state index contributed by atoms with van der Waals surface area (Å²) in [6, 6.07) is 20.9. The minimum absolute atomic E-state index is 0.0399. The van der Waals surface area contributed by atoms with E-state index in [1.807, 2.05) is 18.2 Å². The highest BCUT2D eigenvalue weighted by Gasteiger charge is 2.14. The van der Waals surface area contributed by atoms with Crippen LogP contribution in [0.4, 0.5) is 20.2 Å². The van der Waals surface area contributed by atoms with Crippen LogP contribution < -0.4 is 20.3 Å². The van der Waals surface area contributed by atoms with Crippen molar-refractivity contribution in [3.8, 4) is 21.9 Å². The molecule has 0 unspecified atom stereocenters. The maximum atomic E-state index is 14.7. The molecule has 0 spiro atoms. The van der Waals surface area contributed by atoms with Crippen LogP contribution >= 0.6 is 11.3 Å². The molecule has 2 heterocycles. The van der Waals surface area contributed by atoms with Crippen LogP contribution in [-0.4, -0.2) is 30.3 Å². The van der Waals surface area contributed by atoms with Crippen LogP contribution in [-0.2, 0) is 9.59 Å². The average molecular weight is 655 g/mol. The van der Waals surface area contributed by atoms with E-state index in [4.69, 9.17) is 4.74 Å². The lowest BCUT2D eigenvalue weighted by atomic mass is 10.1. The first-order valence-corrected chi connectivity index (χ1v) is 15.2. The second-order valence-corrected chi connectivity index (χ2v) is 11.0. The van der Waals surface area contributed by atoms with Crippen LogP contribution in [0.3, 0.4) is 0 Å². The Kier molecular flexibility index (Phi) is 11.7. The van der Waals surface area contributed by atoms with E-state index in [9.17, 15) is 23.2 Å². The van der Waals surface area contributed by atoms with E-state index in [2.05, 4.69) is 15.6 Å². The molecule has 5 aromatic rings. The molecule has 8 nitrogen and oxygen atoms in total. The van der Waals surface area contributed by atoms with Gasteiger partial charge in [-0.1, -0.05) is 24.3 Å². The van der Waals surface area contributed by atoms with E-state index >= 15 is 0 Å². The molecule has 47 heavy (non-hydrogen) atoms. The lowest BCUT2D eigenvalue weighted by molar-refractivity contribution is -0.112. The lowest BCUT2D eigenvalue weighted by Gasteiger charge is -2.11. The maximum absolute atomic E-state index is 14.7. The Morgan fingerprint density at radius 3 is 2.28 bits per heavy atom. The molecule has 0 bridgehead atoms. The van der Waals surface area contributed by atoms with Gasteiger partial charge in [0, 0.05) is 59.0 Å². The monoisotopic (exact) mass is 654 g/mol. The maximum Gasteiger partial charge on any atom is 0.251 e. The minimum atomic E-state index is -0.595. The molecule has 3 amide bonds. The van der Waals surface area contributed by atoms with Gasteiger partial charge >= 0.3 is 0 Å². The predicted octanol–water partition coefficient (Wildman–Crippen LogP) is 8.48. The highest BCUT2D eigenvalue weighted by atomic mass is 32.1. The quantitative estimate of drug-likeness (QED) is 0.123. The standard InChI is InChI=1S/C26H22FN3O3S.C10H10FNO/c1-4-15(2)25(31)30-18-9-10-21(19(27)13-18)33-22-11-12-29-20-14-23(34-24(20)22)16-5-7-17(8-6-16)26(32)28-3;1-2-7-12(8-13)10-5-3-9(11)4-6-10/h4-14H,1-3H3,(H,28,32)(H,30,31);2-8H,1H3/b15-4+;7-2-. The number of thiophene rings is 1. The number of rotatable bonds is 9. The highest BCUT2D eigenvalue weighted by Crippen LogP contribution is 2.39. The molecule has 0 aliphatic rings. The number of benzene rings is 3. The molecule has 11 heteroatoms. The zero-order chi connectivity index (χ0) is 33.9. The van der Waals surface area contributed by atoms with Crippen molar-refractivity contribution in [3.63, 3.8) is 0 Å². The van der Waals surface area contributed by atoms with E-state index < -0.39 is 5.82 Å². The van der Waals surface area contributed by atoms with Crippen LogP contribution in [0, 0.1) is 11.6 Å². The van der Waals surface area contributed by atoms with Crippen molar-refractivity contribution >= 4 is 51.2 Å². The molecule has 2 N–H and O–H groups in total. The van der Waals surface area contributed by atoms with E-state index in [0.717, 1.165) is 20.7 Å². The molecule has 0 radical (unpaired) electrons. The Morgan fingerprint density at radius 1 is 0.936 bits per heavy atom. The first-order valence-electron chi connectivity index (χ1n) is 14.4. The van der Waals surface area contributed by atoms with Crippen molar-refractivity contribution in [2.24, 2.45) is 0 Å². The number of nitrogens with zero attached hydrogens (tertiary/aromatic N) is 2. The summed E-state index contributed by atoms with van der Waals surface area (Å²) < 4.78 is 33.9. The molecule has 5 rings (SSSR count). The van der Waals surface area contributed by atoms with Crippen molar-refractivity contribution in [3.05, 3.63) is 126 Å². The molecule has 2 aromatic heterocycles. The van der Waals surface area contributed by atoms with Crippen LogP contribution in [0.2, 0.25) is 0 Å². The largest absolute Gasteiger partial charge is 0.453 e. The smallest absolute Gasteiger partial charge is 0.251 e. The van der Waals surface area contributed by atoms with Crippen molar-refractivity contribution in [2.45, 2.75) is 20.8 Å². The zero-order valence-electron chi connectivity index (χ0n) is 26.1. The molecule has 0 fully saturated rings. The van der Waals surface area contributed by atoms with E-state index in [0.29, 0.717) is 34.7 Å². The number of pyridine rings is 1. The number of hydrogen-bond donors (Lipinski definition) is 2. The van der Waals surface area contributed by atoms with Gasteiger partial charge in [-0.15, -0.1) is 11.3 Å². The van der Waals surface area contributed by atoms with Gasteiger partial charge in [-0.25, -0.2) is 8.78 Å². The summed E-state index contributed by atoms with van der Waals surface area (Å²) in [6.45, 7) is 5.25. The van der Waals surface area contributed by atoms with Crippen molar-refractivity contribution < 1.29 is 27.9 Å². The van der Waals surface area contributed by atoms with Gasteiger partial charge < -0.3 is 15.4 Å². The van der Waals surface area contributed by atoms with Crippen LogP contribution in [0.5, 0.6) is 11.5 Å². The van der Waals surface area contributed by atoms with E-state index in [1.54, 1.807) is 88.8 Å². The first kappa shape index (κ1) is 34.2. The van der Waals surface area contributed by atoms with Crippen LogP contribution in [0.1, 0.15) is 31.1 Å². The van der Waals surface area contributed by atoms with Gasteiger partial charge in [-0.05, 0) is 80.9 Å². The van der Waals surface area contributed by atoms with Gasteiger partial charge in [0.25, 0.3) is 11.8 Å². The molecular formula is C36H32F2N4O4S. The molecule has 0 saturated heterocycles. The van der Waals surface area contributed by atoms with Gasteiger partial charge in [-0.2, -0.15) is 0 Å². The number of allylic oxidation sites excluding steroid dienone is 2. The summed E-state index contributed by atoms with van der Waals surface area (Å²) in [5, 5.41) is 5.26. The van der Waals surface area contributed by atoms with E-state index in [-0.39, 0.29) is 23.4 Å². The summed E-state index contributed by atoms with van der Waals surface area (Å²) in [5.41, 5.74) is 3.76. The Labute approximate surface area is 275 Å². The fourth-order valence-corrected chi connectivity index (χ4v) is 5.24. The second-order valence-electron chi connectivity index (χ2n) is 9.94. The fourth-order valence-electron chi connectivity index (χ4n) is 4.16. The fraction of sp³-hybridized carbons (Fsp3) is 0.111. The van der Waals surface area contributed by atoms with Crippen molar-refractivity contribution in [1.82, 2.24) is 10.3 Å². The molecule has 240 valence electrons. The van der Waals surface area contributed by atoms with Crippen LogP contribution in [0.15, 0.2) is 109 Å². The number of nitrogens with one attached hydrogen (secondary N) is 2. The minimum Gasteiger partial charge on any atom is -0.453 e. The van der Waals surface area contributed by atoms with Crippen LogP contribution in [0.25, 0.3) is 20.7 Å². The predicted molar refractivity (Wildman–Crippen MR) is 183 cm³/mol. The number of hydrogen-bond acceptors (Lipinski definition) is 6. The van der Waals surface area contributed by atoms with Gasteiger partial charge in [0.05, 0.1) is 10.2 Å². The Hall–Kier alpha value is -5.68. The first-order chi connectivity index (χ1) is 22.7. The van der Waals surface area contributed by atoms with Gasteiger partial charge in [0.15, 0.2) is 11.6 Å². The topological polar surface area (TPSA) is 101 Å². The highest BCUT2D eigenvalue weighted by molar-refractivity contribution is 7.22. The zero-order valence-corrected chi connectivity index (χ0v) is 26.9. The summed E-state index contributed by atoms with van der Waals surface area (Å²) in [5.74, 6) is -0.829. The number of amides is 3. The molecule has 0 aliphatic carbocycles. The van der Waals surface area contributed by atoms with Gasteiger partial charge in [0.1, 0.15) is 11.6 Å². The normalized spacial score (nSPS) is 11.1. The van der Waals surface area contributed by atoms with Crippen molar-refractivity contribution in [2.75, 3.05) is 17.3 Å². The number of carbonyl (C=O) groups excluding carboxylic acids is 3. The summed E-state index contributed by atoms with van der Waals surface area (Å²) in [7, 11) is 1.59. The summed E-state index contributed by atoms with van der Waals surface area (Å²) in [6.07, 6.45) is 7.31. The van der Waals surface area contributed by atoms with E-state index in [1.165, 1.54) is 40.5 Å². The van der Waals surface area contributed by atoms with Crippen molar-refractivity contribution in [1.29, 1.82) is 0 Å².